The molecule has 3 N–H and O–H groups in total. The van der Waals surface area contributed by atoms with Gasteiger partial charge in [0.15, 0.2) is 0 Å². The number of nitrogens with two attached hydrogens (primary N) is 1. The van der Waals surface area contributed by atoms with Crippen molar-refractivity contribution in [3.63, 3.8) is 0 Å². The van der Waals surface area contributed by atoms with Gasteiger partial charge in [0.05, 0.1) is 18.7 Å². The van der Waals surface area contributed by atoms with Crippen LogP contribution in [0.15, 0.2) is 24.3 Å². The number of rotatable bonds is 9. The maximum Gasteiger partial charge on any atom is 0.220 e. The number of para-hydroxylation sites is 2. The third-order valence-electron chi connectivity index (χ3n) is 3.07. The van der Waals surface area contributed by atoms with Crippen molar-refractivity contribution in [2.75, 3.05) is 11.9 Å². The van der Waals surface area contributed by atoms with Gasteiger partial charge >= 0.3 is 0 Å². The van der Waals surface area contributed by atoms with Crippen molar-refractivity contribution in [2.24, 2.45) is 11.7 Å². The number of carbonyl (C=O) groups is 1. The third kappa shape index (κ3) is 6.45. The van der Waals surface area contributed by atoms with Crippen LogP contribution >= 0.6 is 0 Å². The second-order valence-corrected chi connectivity index (χ2v) is 5.58. The minimum Gasteiger partial charge on any atom is -0.491 e. The van der Waals surface area contributed by atoms with E-state index in [1.54, 1.807) is 0 Å². The summed E-state index contributed by atoms with van der Waals surface area (Å²) in [5.74, 6) is 1.13. The first kappa shape index (κ1) is 16.3. The molecule has 112 valence electrons. The lowest BCUT2D eigenvalue weighted by Crippen LogP contribution is -2.18. The topological polar surface area (TPSA) is 64.3 Å². The Morgan fingerprint density at radius 3 is 2.60 bits per heavy atom. The molecule has 0 saturated carbocycles. The van der Waals surface area contributed by atoms with Crippen LogP contribution in [0.2, 0.25) is 0 Å². The van der Waals surface area contributed by atoms with Crippen molar-refractivity contribution >= 4 is 11.6 Å². The normalized spacial score (nSPS) is 12.2. The van der Waals surface area contributed by atoms with Crippen molar-refractivity contribution in [1.29, 1.82) is 0 Å². The molecule has 0 saturated heterocycles. The molecule has 1 rings (SSSR count). The summed E-state index contributed by atoms with van der Waals surface area (Å²) in [6, 6.07) is 8.17. The second kappa shape index (κ2) is 8.46. The van der Waals surface area contributed by atoms with E-state index in [9.17, 15) is 4.79 Å². The summed E-state index contributed by atoms with van der Waals surface area (Å²) in [6.07, 6.45) is 2.55. The van der Waals surface area contributed by atoms with Gasteiger partial charge in [-0.15, -0.1) is 0 Å². The van der Waals surface area contributed by atoms with Gasteiger partial charge in [-0.25, -0.2) is 0 Å². The van der Waals surface area contributed by atoms with Crippen molar-refractivity contribution < 1.29 is 9.53 Å². The van der Waals surface area contributed by atoms with Crippen LogP contribution in [-0.2, 0) is 4.79 Å². The Morgan fingerprint density at radius 2 is 1.95 bits per heavy atom. The molecule has 4 nitrogen and oxygen atoms in total. The van der Waals surface area contributed by atoms with Crippen LogP contribution in [0.3, 0.4) is 0 Å². The molecule has 0 radical (unpaired) electrons. The highest BCUT2D eigenvalue weighted by molar-refractivity contribution is 5.73. The van der Waals surface area contributed by atoms with E-state index < -0.39 is 0 Å². The van der Waals surface area contributed by atoms with E-state index in [-0.39, 0.29) is 12.3 Å². The van der Waals surface area contributed by atoms with Crippen LogP contribution in [0.5, 0.6) is 5.75 Å². The molecule has 0 spiro atoms. The van der Waals surface area contributed by atoms with Crippen LogP contribution in [0.1, 0.15) is 40.0 Å². The fourth-order valence-electron chi connectivity index (χ4n) is 1.89. The predicted octanol–water partition coefficient (Wildman–Crippen LogP) is 3.18. The molecule has 0 aliphatic rings. The fourth-order valence-corrected chi connectivity index (χ4v) is 1.89. The number of ether oxygens (including phenoxy) is 1. The largest absolute Gasteiger partial charge is 0.491 e. The maximum atomic E-state index is 10.7. The average molecular weight is 278 g/mol. The monoisotopic (exact) mass is 278 g/mol. The molecule has 0 heterocycles. The van der Waals surface area contributed by atoms with E-state index in [0.29, 0.717) is 18.6 Å². The summed E-state index contributed by atoms with van der Waals surface area (Å²) in [7, 11) is 0. The van der Waals surface area contributed by atoms with Gasteiger partial charge < -0.3 is 15.8 Å². The summed E-state index contributed by atoms with van der Waals surface area (Å²) in [4.78, 5) is 10.7. The Balaban J connectivity index is 2.53. The van der Waals surface area contributed by atoms with Crippen LogP contribution in [-0.4, -0.2) is 18.6 Å². The average Bonchev–Trinajstić information content (AvgIpc) is 2.38. The molecule has 0 aliphatic carbocycles. The van der Waals surface area contributed by atoms with E-state index in [2.05, 4.69) is 26.1 Å². The SMILES string of the molecule is CC(C)CCC(C)Nc1ccccc1OCCC(N)=O. The number of benzene rings is 1. The lowest BCUT2D eigenvalue weighted by atomic mass is 10.0. The number of amides is 1. The molecular formula is C16H26N2O2. The van der Waals surface area contributed by atoms with E-state index in [4.69, 9.17) is 10.5 Å². The zero-order valence-corrected chi connectivity index (χ0v) is 12.7. The van der Waals surface area contributed by atoms with Crippen LogP contribution in [0.25, 0.3) is 0 Å². The molecule has 1 amide bonds. The van der Waals surface area contributed by atoms with Gasteiger partial charge in [0.1, 0.15) is 5.75 Å². The van der Waals surface area contributed by atoms with Crippen molar-refractivity contribution in [3.05, 3.63) is 24.3 Å². The predicted molar refractivity (Wildman–Crippen MR) is 82.9 cm³/mol. The lowest BCUT2D eigenvalue weighted by Gasteiger charge is -2.19. The molecule has 1 atom stereocenters. The highest BCUT2D eigenvalue weighted by Gasteiger charge is 2.08. The van der Waals surface area contributed by atoms with Crippen LogP contribution < -0.4 is 15.8 Å². The highest BCUT2D eigenvalue weighted by Crippen LogP contribution is 2.25. The van der Waals surface area contributed by atoms with Gasteiger partial charge in [-0.05, 0) is 37.8 Å². The van der Waals surface area contributed by atoms with Crippen molar-refractivity contribution in [3.8, 4) is 5.75 Å². The maximum absolute atomic E-state index is 10.7. The van der Waals surface area contributed by atoms with E-state index in [1.807, 2.05) is 24.3 Å². The first-order valence-electron chi connectivity index (χ1n) is 7.25. The lowest BCUT2D eigenvalue weighted by molar-refractivity contribution is -0.118. The van der Waals surface area contributed by atoms with Crippen LogP contribution in [0.4, 0.5) is 5.69 Å². The Hall–Kier alpha value is -1.71. The third-order valence-corrected chi connectivity index (χ3v) is 3.07. The first-order valence-corrected chi connectivity index (χ1v) is 7.25. The fraction of sp³-hybridized carbons (Fsp3) is 0.562. The standard InChI is InChI=1S/C16H26N2O2/c1-12(2)8-9-13(3)18-14-6-4-5-7-15(14)20-11-10-16(17)19/h4-7,12-13,18H,8-11H2,1-3H3,(H2,17,19). The smallest absolute Gasteiger partial charge is 0.220 e. The van der Waals surface area contributed by atoms with Gasteiger partial charge in [0, 0.05) is 6.04 Å². The number of carbonyl (C=O) groups excluding carboxylic acids is 1. The molecule has 0 fully saturated rings. The zero-order chi connectivity index (χ0) is 15.0. The summed E-state index contributed by atoms with van der Waals surface area (Å²) in [5, 5.41) is 3.46. The first-order chi connectivity index (χ1) is 9.49. The van der Waals surface area contributed by atoms with E-state index in [0.717, 1.165) is 17.9 Å². The van der Waals surface area contributed by atoms with Gasteiger partial charge in [-0.2, -0.15) is 0 Å². The molecule has 1 aromatic carbocycles. The summed E-state index contributed by atoms with van der Waals surface area (Å²) in [5.41, 5.74) is 6.07. The molecule has 0 aromatic heterocycles. The highest BCUT2D eigenvalue weighted by atomic mass is 16.5. The molecular weight excluding hydrogens is 252 g/mol. The Morgan fingerprint density at radius 1 is 1.25 bits per heavy atom. The zero-order valence-electron chi connectivity index (χ0n) is 12.7. The number of hydrogen-bond donors (Lipinski definition) is 2. The summed E-state index contributed by atoms with van der Waals surface area (Å²) >= 11 is 0. The number of nitrogens with one attached hydrogen (secondary N) is 1. The molecule has 4 heteroatoms. The Kier molecular flexibility index (Phi) is 6.91. The second-order valence-electron chi connectivity index (χ2n) is 5.58. The molecule has 1 aromatic rings. The molecule has 0 aliphatic heterocycles. The number of primary amides is 1. The van der Waals surface area contributed by atoms with Gasteiger partial charge in [0.2, 0.25) is 5.91 Å². The quantitative estimate of drug-likeness (QED) is 0.729. The molecule has 0 bridgehead atoms. The number of hydrogen-bond acceptors (Lipinski definition) is 3. The molecule has 20 heavy (non-hydrogen) atoms. The van der Waals surface area contributed by atoms with Gasteiger partial charge in [-0.3, -0.25) is 4.79 Å². The number of anilines is 1. The summed E-state index contributed by atoms with van der Waals surface area (Å²) in [6.45, 7) is 6.94. The Labute approximate surface area is 121 Å². The molecule has 1 unspecified atom stereocenters. The van der Waals surface area contributed by atoms with E-state index >= 15 is 0 Å². The Bertz CT molecular complexity index is 419. The van der Waals surface area contributed by atoms with Crippen molar-refractivity contribution in [1.82, 2.24) is 0 Å². The minimum absolute atomic E-state index is 0.233. The summed E-state index contributed by atoms with van der Waals surface area (Å²) < 4.78 is 5.61. The van der Waals surface area contributed by atoms with Crippen LogP contribution in [0, 0.1) is 5.92 Å². The van der Waals surface area contributed by atoms with Gasteiger partial charge in [0.25, 0.3) is 0 Å². The van der Waals surface area contributed by atoms with E-state index in [1.165, 1.54) is 6.42 Å². The van der Waals surface area contributed by atoms with Gasteiger partial charge in [-0.1, -0.05) is 26.0 Å². The minimum atomic E-state index is -0.347. The van der Waals surface area contributed by atoms with Crippen molar-refractivity contribution in [2.45, 2.75) is 46.1 Å².